The monoisotopic (exact) mass is 472 g/mol. The Morgan fingerprint density at radius 1 is 1.26 bits per heavy atom. The van der Waals surface area contributed by atoms with Gasteiger partial charge >= 0.3 is 0 Å². The number of nitrogens with two attached hydrogens (primary N) is 1. The Balaban J connectivity index is 1.89. The maximum absolute atomic E-state index is 13.7. The number of fused-ring (bicyclic) bond motifs is 3. The minimum atomic E-state index is -2.60. The second-order valence-electron chi connectivity index (χ2n) is 9.18. The van der Waals surface area contributed by atoms with Gasteiger partial charge in [0.1, 0.15) is 22.8 Å². The largest absolute Gasteiger partial charge is 0.508 e. The van der Waals surface area contributed by atoms with Crippen LogP contribution in [0.3, 0.4) is 0 Å². The fourth-order valence-electron chi connectivity index (χ4n) is 5.53. The number of aliphatic hydroxyl groups is 4. The Morgan fingerprint density at radius 3 is 2.59 bits per heavy atom. The minimum Gasteiger partial charge on any atom is -0.508 e. The summed E-state index contributed by atoms with van der Waals surface area (Å²) in [7, 11) is 3.15. The van der Waals surface area contributed by atoms with Gasteiger partial charge in [0.15, 0.2) is 11.4 Å². The molecule has 6 N–H and O–H groups in total. The van der Waals surface area contributed by atoms with E-state index in [1.165, 1.54) is 4.90 Å². The molecule has 0 aliphatic heterocycles. The van der Waals surface area contributed by atoms with Crippen molar-refractivity contribution in [1.29, 1.82) is 0 Å². The number of ketones is 2. The van der Waals surface area contributed by atoms with Gasteiger partial charge in [-0.2, -0.15) is 0 Å². The van der Waals surface area contributed by atoms with Crippen molar-refractivity contribution in [2.45, 2.75) is 30.9 Å². The first kappa shape index (κ1) is 23.9. The maximum Gasteiger partial charge on any atom is 0.255 e. The Labute approximate surface area is 195 Å². The molecule has 0 saturated heterocycles. The van der Waals surface area contributed by atoms with Crippen molar-refractivity contribution in [1.82, 2.24) is 4.90 Å². The van der Waals surface area contributed by atoms with E-state index in [2.05, 4.69) is 0 Å². The van der Waals surface area contributed by atoms with Gasteiger partial charge in [-0.25, -0.2) is 0 Å². The van der Waals surface area contributed by atoms with Gasteiger partial charge in [0.05, 0.1) is 18.2 Å². The van der Waals surface area contributed by atoms with E-state index >= 15 is 0 Å². The van der Waals surface area contributed by atoms with Gasteiger partial charge in [0, 0.05) is 24.5 Å². The van der Waals surface area contributed by atoms with Crippen LogP contribution in [0.1, 0.15) is 24.0 Å². The van der Waals surface area contributed by atoms with Gasteiger partial charge in [-0.05, 0) is 44.5 Å². The van der Waals surface area contributed by atoms with Crippen LogP contribution in [0.4, 0.5) is 0 Å². The number of likely N-dealkylation sites (N-methyl/N-ethyl adjacent to an activating group) is 1. The zero-order chi connectivity index (χ0) is 24.9. The van der Waals surface area contributed by atoms with E-state index in [4.69, 9.17) is 15.6 Å². The lowest BCUT2D eigenvalue weighted by molar-refractivity contribution is -0.153. The van der Waals surface area contributed by atoms with E-state index in [1.54, 1.807) is 32.3 Å². The van der Waals surface area contributed by atoms with Gasteiger partial charge in [-0.1, -0.05) is 12.1 Å². The van der Waals surface area contributed by atoms with E-state index in [-0.39, 0.29) is 31.0 Å². The highest BCUT2D eigenvalue weighted by atomic mass is 16.5. The average Bonchev–Trinajstić information content (AvgIpc) is 2.76. The summed E-state index contributed by atoms with van der Waals surface area (Å²) in [6.07, 6.45) is 0.811. The van der Waals surface area contributed by atoms with E-state index in [0.29, 0.717) is 24.2 Å². The van der Waals surface area contributed by atoms with Crippen molar-refractivity contribution in [2.75, 3.05) is 27.3 Å². The molecule has 0 aromatic heterocycles. The van der Waals surface area contributed by atoms with E-state index < -0.39 is 52.3 Å². The molecule has 1 saturated carbocycles. The number of Topliss-reactive ketones (excluding diaryl/α,β-unsaturated/α-hetero) is 2. The number of ether oxygens (including phenoxy) is 1. The third-order valence-electron chi connectivity index (χ3n) is 7.00. The molecule has 0 spiro atoms. The summed E-state index contributed by atoms with van der Waals surface area (Å²) in [5, 5.41) is 42.6. The second-order valence-corrected chi connectivity index (χ2v) is 9.18. The number of carbonyl (C=O) groups is 3. The molecule has 1 aromatic rings. The van der Waals surface area contributed by atoms with E-state index in [1.807, 2.05) is 0 Å². The lowest BCUT2D eigenvalue weighted by Gasteiger charge is -2.50. The number of carbonyl (C=O) groups excluding carboxylic acids is 3. The summed E-state index contributed by atoms with van der Waals surface area (Å²) in [6, 6.07) is 4.10. The number of amides is 1. The average molecular weight is 472 g/mol. The molecular formula is C24H28N2O8. The fourth-order valence-corrected chi connectivity index (χ4v) is 5.53. The fraction of sp³-hybridized carbons (Fsp3) is 0.458. The van der Waals surface area contributed by atoms with Gasteiger partial charge in [-0.3, -0.25) is 19.3 Å². The Hall–Kier alpha value is -3.21. The van der Waals surface area contributed by atoms with Crippen LogP contribution in [0.5, 0.6) is 5.75 Å². The third kappa shape index (κ3) is 3.32. The third-order valence-corrected chi connectivity index (χ3v) is 7.00. The molecule has 0 unspecified atom stereocenters. The first-order chi connectivity index (χ1) is 16.0. The number of rotatable bonds is 6. The number of benzene rings is 1. The van der Waals surface area contributed by atoms with Crippen molar-refractivity contribution in [3.05, 3.63) is 46.2 Å². The zero-order valence-electron chi connectivity index (χ0n) is 18.9. The molecule has 4 rings (SSSR count). The predicted molar refractivity (Wildman–Crippen MR) is 120 cm³/mol. The van der Waals surface area contributed by atoms with E-state index in [0.717, 1.165) is 5.56 Å². The lowest BCUT2D eigenvalue weighted by atomic mass is 9.57. The molecule has 1 aromatic carbocycles. The number of hydrogen-bond acceptors (Lipinski definition) is 9. The maximum atomic E-state index is 13.7. The van der Waals surface area contributed by atoms with Crippen molar-refractivity contribution >= 4 is 23.2 Å². The molecule has 10 heteroatoms. The van der Waals surface area contributed by atoms with Crippen molar-refractivity contribution < 1.29 is 39.5 Å². The summed E-state index contributed by atoms with van der Waals surface area (Å²) >= 11 is 0. The number of aliphatic hydroxyl groups excluding tert-OH is 3. The van der Waals surface area contributed by atoms with Crippen LogP contribution in [0.25, 0.3) is 5.76 Å². The molecule has 0 radical (unpaired) electrons. The van der Waals surface area contributed by atoms with Gasteiger partial charge in [-0.15, -0.1) is 0 Å². The quantitative estimate of drug-likeness (QED) is 0.283. The molecule has 3 aliphatic rings. The summed E-state index contributed by atoms with van der Waals surface area (Å²) in [5.74, 6) is -5.71. The highest BCUT2D eigenvalue weighted by molar-refractivity contribution is 6.24. The molecule has 10 nitrogen and oxygen atoms in total. The Kier molecular flexibility index (Phi) is 6.01. The van der Waals surface area contributed by atoms with Crippen molar-refractivity contribution in [3.63, 3.8) is 0 Å². The van der Waals surface area contributed by atoms with E-state index in [9.17, 15) is 29.7 Å². The molecule has 0 bridgehead atoms. The first-order valence-electron chi connectivity index (χ1n) is 11.1. The minimum absolute atomic E-state index is 0.0728. The molecule has 182 valence electrons. The van der Waals surface area contributed by atoms with Crippen LogP contribution in [-0.4, -0.2) is 81.8 Å². The normalized spacial score (nSPS) is 28.6. The van der Waals surface area contributed by atoms with Crippen molar-refractivity contribution in [2.24, 2.45) is 17.6 Å². The highest BCUT2D eigenvalue weighted by Gasteiger charge is 2.64. The standard InChI is InChI=1S/C24H28N2O8/c1-26(2)18-13-10-12-9-11-5-3-6-14(34-8-4-7-27)15(11)19(28)16(12)21(30)24(13,33)22(31)17(20(18)29)23(25)32/h3,5-6,12-13,18,27-28,31,33H,4,7-10H2,1-2H3,(H2,25,32)/t12-,13-,18-,24-/m0/s1. The topological polar surface area (TPSA) is 171 Å². The molecule has 1 amide bonds. The van der Waals surface area contributed by atoms with Crippen LogP contribution >= 0.6 is 0 Å². The molecule has 34 heavy (non-hydrogen) atoms. The molecule has 0 heterocycles. The molecule has 3 aliphatic carbocycles. The Morgan fingerprint density at radius 2 is 1.97 bits per heavy atom. The van der Waals surface area contributed by atoms with Crippen LogP contribution < -0.4 is 10.5 Å². The van der Waals surface area contributed by atoms with Gasteiger partial charge < -0.3 is 30.9 Å². The number of primary amides is 1. The summed E-state index contributed by atoms with van der Waals surface area (Å²) < 4.78 is 5.70. The summed E-state index contributed by atoms with van der Waals surface area (Å²) in [6.45, 7) is 0.119. The smallest absolute Gasteiger partial charge is 0.255 e. The molecule has 1 fully saturated rings. The highest BCUT2D eigenvalue weighted by Crippen LogP contribution is 2.52. The van der Waals surface area contributed by atoms with Crippen molar-refractivity contribution in [3.8, 4) is 5.75 Å². The zero-order valence-corrected chi connectivity index (χ0v) is 18.9. The molecular weight excluding hydrogens is 444 g/mol. The van der Waals surface area contributed by atoms with Crippen LogP contribution in [-0.2, 0) is 20.8 Å². The van der Waals surface area contributed by atoms with Gasteiger partial charge in [0.2, 0.25) is 5.78 Å². The van der Waals surface area contributed by atoms with Crippen LogP contribution in [0.2, 0.25) is 0 Å². The predicted octanol–water partition coefficient (Wildman–Crippen LogP) is 0.0196. The number of nitrogens with zero attached hydrogens (tertiary/aromatic N) is 1. The van der Waals surface area contributed by atoms with Gasteiger partial charge in [0.25, 0.3) is 5.91 Å². The SMILES string of the molecule is CN(C)[C@@H]1C(=O)C(C(N)=O)=C(O)[C@@]2(O)C(=O)C3=C(O)c4c(cccc4OCCCO)C[C@H]3C[C@@H]12. The number of hydrogen-bond donors (Lipinski definition) is 5. The first-order valence-corrected chi connectivity index (χ1v) is 11.1. The lowest BCUT2D eigenvalue weighted by Crippen LogP contribution is -2.65. The summed E-state index contributed by atoms with van der Waals surface area (Å²) in [5.41, 5.74) is 2.85. The molecule has 4 atom stereocenters. The van der Waals surface area contributed by atoms with Crippen LogP contribution in [0, 0.1) is 11.8 Å². The van der Waals surface area contributed by atoms with Crippen LogP contribution in [0.15, 0.2) is 35.1 Å². The second kappa shape index (κ2) is 8.53. The Bertz CT molecular complexity index is 1140. The summed E-state index contributed by atoms with van der Waals surface area (Å²) in [4.78, 5) is 40.3.